The highest BCUT2D eigenvalue weighted by Crippen LogP contribution is 2.26. The van der Waals surface area contributed by atoms with Crippen LogP contribution in [0.5, 0.6) is 5.75 Å². The molecule has 0 unspecified atom stereocenters. The number of methoxy groups -OCH3 is 1. The topological polar surface area (TPSA) is 61.8 Å². The van der Waals surface area contributed by atoms with E-state index < -0.39 is 0 Å². The minimum absolute atomic E-state index is 0.118. The standard InChI is InChI=1S/C15H22N2O3.C7H8/c1-3-11-8-17(9-12(11)10-18)15(19)16-13-5-4-6-14(7-13)20-2;1-7-5-3-2-4-6-7/h4-7,11-12,18H,3,8-10H2,1-2H3,(H,16,19);2-6H,1H3/t11-,12-;/m1./s1. The maximum absolute atomic E-state index is 12.2. The van der Waals surface area contributed by atoms with Crippen molar-refractivity contribution in [3.63, 3.8) is 0 Å². The van der Waals surface area contributed by atoms with E-state index in [1.165, 1.54) is 5.56 Å². The lowest BCUT2D eigenvalue weighted by Crippen LogP contribution is -2.33. The van der Waals surface area contributed by atoms with Crippen molar-refractivity contribution in [2.45, 2.75) is 20.3 Å². The van der Waals surface area contributed by atoms with Crippen LogP contribution in [0.4, 0.5) is 10.5 Å². The van der Waals surface area contributed by atoms with Crippen molar-refractivity contribution in [3.05, 3.63) is 60.2 Å². The molecule has 1 fully saturated rings. The number of ether oxygens (including phenoxy) is 1. The van der Waals surface area contributed by atoms with Crippen LogP contribution in [-0.2, 0) is 0 Å². The normalized spacial score (nSPS) is 18.4. The molecular formula is C22H30N2O3. The Kier molecular flexibility index (Phi) is 8.14. The van der Waals surface area contributed by atoms with Gasteiger partial charge in [0.25, 0.3) is 0 Å². The number of amides is 2. The number of hydrogen-bond acceptors (Lipinski definition) is 3. The minimum atomic E-state index is -0.118. The average molecular weight is 370 g/mol. The molecule has 27 heavy (non-hydrogen) atoms. The number of rotatable bonds is 4. The van der Waals surface area contributed by atoms with Crippen LogP contribution in [0.1, 0.15) is 18.9 Å². The van der Waals surface area contributed by atoms with Gasteiger partial charge >= 0.3 is 6.03 Å². The first kappa shape index (κ1) is 20.8. The molecule has 2 aromatic carbocycles. The van der Waals surface area contributed by atoms with Gasteiger partial charge in [0.15, 0.2) is 0 Å². The Morgan fingerprint density at radius 2 is 1.85 bits per heavy atom. The third-order valence-electron chi connectivity index (χ3n) is 4.88. The van der Waals surface area contributed by atoms with Crippen molar-refractivity contribution in [1.82, 2.24) is 4.90 Å². The van der Waals surface area contributed by atoms with E-state index in [-0.39, 0.29) is 18.6 Å². The van der Waals surface area contributed by atoms with E-state index in [1.807, 2.05) is 36.4 Å². The summed E-state index contributed by atoms with van der Waals surface area (Å²) in [7, 11) is 1.60. The van der Waals surface area contributed by atoms with Gasteiger partial charge in [0, 0.05) is 37.4 Å². The van der Waals surface area contributed by atoms with Gasteiger partial charge in [-0.15, -0.1) is 0 Å². The number of urea groups is 1. The monoisotopic (exact) mass is 370 g/mol. The molecule has 0 radical (unpaired) electrons. The summed E-state index contributed by atoms with van der Waals surface area (Å²) in [5, 5.41) is 12.2. The van der Waals surface area contributed by atoms with Gasteiger partial charge in [0.1, 0.15) is 5.75 Å². The Morgan fingerprint density at radius 1 is 1.15 bits per heavy atom. The number of anilines is 1. The zero-order chi connectivity index (χ0) is 19.6. The fraction of sp³-hybridized carbons (Fsp3) is 0.409. The lowest BCUT2D eigenvalue weighted by molar-refractivity contribution is 0.197. The molecule has 0 bridgehead atoms. The first-order valence-corrected chi connectivity index (χ1v) is 9.39. The molecule has 3 rings (SSSR count). The van der Waals surface area contributed by atoms with Crippen LogP contribution in [0, 0.1) is 18.8 Å². The van der Waals surface area contributed by atoms with Crippen LogP contribution < -0.4 is 10.1 Å². The average Bonchev–Trinajstić information content (AvgIpc) is 3.13. The van der Waals surface area contributed by atoms with E-state index in [1.54, 1.807) is 18.1 Å². The van der Waals surface area contributed by atoms with Gasteiger partial charge in [0.05, 0.1) is 7.11 Å². The quantitative estimate of drug-likeness (QED) is 0.849. The molecule has 0 aromatic heterocycles. The predicted molar refractivity (Wildman–Crippen MR) is 109 cm³/mol. The molecule has 5 heteroatoms. The molecule has 1 saturated heterocycles. The van der Waals surface area contributed by atoms with Gasteiger partial charge in [-0.05, 0) is 25.0 Å². The Morgan fingerprint density at radius 3 is 2.37 bits per heavy atom. The number of carbonyl (C=O) groups is 1. The van der Waals surface area contributed by atoms with Crippen LogP contribution in [0.3, 0.4) is 0 Å². The van der Waals surface area contributed by atoms with E-state index in [0.29, 0.717) is 24.8 Å². The van der Waals surface area contributed by atoms with Crippen molar-refractivity contribution in [2.75, 3.05) is 32.1 Å². The number of nitrogens with one attached hydrogen (secondary N) is 1. The van der Waals surface area contributed by atoms with Crippen LogP contribution in [-0.4, -0.2) is 42.8 Å². The molecule has 2 N–H and O–H groups in total. The van der Waals surface area contributed by atoms with Crippen molar-refractivity contribution < 1.29 is 14.6 Å². The van der Waals surface area contributed by atoms with Gasteiger partial charge < -0.3 is 20.1 Å². The summed E-state index contributed by atoms with van der Waals surface area (Å²) in [6.07, 6.45) is 0.980. The zero-order valence-corrected chi connectivity index (χ0v) is 16.4. The van der Waals surface area contributed by atoms with Gasteiger partial charge in [-0.3, -0.25) is 0 Å². The molecular weight excluding hydrogens is 340 g/mol. The second-order valence-electron chi connectivity index (χ2n) is 6.83. The van der Waals surface area contributed by atoms with E-state index in [2.05, 4.69) is 31.3 Å². The predicted octanol–water partition coefficient (Wildman–Crippen LogP) is 4.17. The van der Waals surface area contributed by atoms with Crippen LogP contribution in [0.2, 0.25) is 0 Å². The number of aryl methyl sites for hydroxylation is 1. The first-order chi connectivity index (χ1) is 13.1. The summed E-state index contributed by atoms with van der Waals surface area (Å²) < 4.78 is 5.13. The minimum Gasteiger partial charge on any atom is -0.497 e. The highest BCUT2D eigenvalue weighted by molar-refractivity contribution is 5.89. The Bertz CT molecular complexity index is 694. The highest BCUT2D eigenvalue weighted by Gasteiger charge is 2.33. The summed E-state index contributed by atoms with van der Waals surface area (Å²) in [4.78, 5) is 14.0. The third-order valence-corrected chi connectivity index (χ3v) is 4.88. The van der Waals surface area contributed by atoms with E-state index >= 15 is 0 Å². The highest BCUT2D eigenvalue weighted by atomic mass is 16.5. The molecule has 0 aliphatic carbocycles. The van der Waals surface area contributed by atoms with Crippen molar-refractivity contribution in [3.8, 4) is 5.75 Å². The maximum Gasteiger partial charge on any atom is 0.321 e. The molecule has 1 heterocycles. The summed E-state index contributed by atoms with van der Waals surface area (Å²) in [5.41, 5.74) is 2.04. The summed E-state index contributed by atoms with van der Waals surface area (Å²) in [5.74, 6) is 1.29. The molecule has 0 spiro atoms. The number of likely N-dealkylation sites (tertiary alicyclic amines) is 1. The molecule has 0 saturated carbocycles. The SMILES string of the molecule is CC[C@@H]1CN(C(=O)Nc2cccc(OC)c2)C[C@@H]1CO.Cc1ccccc1. The number of aliphatic hydroxyl groups excluding tert-OH is 1. The molecule has 2 atom stereocenters. The lowest BCUT2D eigenvalue weighted by atomic mass is 9.95. The van der Waals surface area contributed by atoms with E-state index in [4.69, 9.17) is 4.74 Å². The van der Waals surface area contributed by atoms with Gasteiger partial charge in [0.2, 0.25) is 0 Å². The Labute approximate surface area is 162 Å². The largest absolute Gasteiger partial charge is 0.497 e. The number of nitrogens with zero attached hydrogens (tertiary/aromatic N) is 1. The van der Waals surface area contributed by atoms with Gasteiger partial charge in [-0.25, -0.2) is 4.79 Å². The van der Waals surface area contributed by atoms with Crippen molar-refractivity contribution >= 4 is 11.7 Å². The van der Waals surface area contributed by atoms with Crippen LogP contribution >= 0.6 is 0 Å². The Balaban J connectivity index is 0.000000313. The lowest BCUT2D eigenvalue weighted by Gasteiger charge is -2.17. The molecule has 5 nitrogen and oxygen atoms in total. The smallest absolute Gasteiger partial charge is 0.321 e. The molecule has 146 valence electrons. The fourth-order valence-electron chi connectivity index (χ4n) is 3.21. The van der Waals surface area contributed by atoms with E-state index in [9.17, 15) is 9.90 Å². The van der Waals surface area contributed by atoms with Crippen molar-refractivity contribution in [2.24, 2.45) is 11.8 Å². The molecule has 2 aromatic rings. The van der Waals surface area contributed by atoms with Crippen LogP contribution in [0.15, 0.2) is 54.6 Å². The number of hydrogen-bond donors (Lipinski definition) is 2. The Hall–Kier alpha value is -2.53. The van der Waals surface area contributed by atoms with Gasteiger partial charge in [-0.1, -0.05) is 55.3 Å². The third kappa shape index (κ3) is 6.29. The van der Waals surface area contributed by atoms with Crippen LogP contribution in [0.25, 0.3) is 0 Å². The number of benzene rings is 2. The second-order valence-corrected chi connectivity index (χ2v) is 6.83. The molecule has 2 amide bonds. The first-order valence-electron chi connectivity index (χ1n) is 9.39. The zero-order valence-electron chi connectivity index (χ0n) is 16.4. The second kappa shape index (κ2) is 10.6. The van der Waals surface area contributed by atoms with E-state index in [0.717, 1.165) is 12.1 Å². The molecule has 1 aliphatic heterocycles. The summed E-state index contributed by atoms with van der Waals surface area (Å²) in [6, 6.07) is 17.4. The molecule has 1 aliphatic rings. The summed E-state index contributed by atoms with van der Waals surface area (Å²) in [6.45, 7) is 5.64. The van der Waals surface area contributed by atoms with Crippen molar-refractivity contribution in [1.29, 1.82) is 0 Å². The van der Waals surface area contributed by atoms with Gasteiger partial charge in [-0.2, -0.15) is 0 Å². The number of carbonyl (C=O) groups excluding carboxylic acids is 1. The fourth-order valence-corrected chi connectivity index (χ4v) is 3.21. The number of aliphatic hydroxyl groups is 1. The maximum atomic E-state index is 12.2. The summed E-state index contributed by atoms with van der Waals surface area (Å²) >= 11 is 0.